The summed E-state index contributed by atoms with van der Waals surface area (Å²) in [6.45, 7) is 28.8. The minimum Gasteiger partial charge on any atom is -0.496 e. The van der Waals surface area contributed by atoms with Gasteiger partial charge in [-0.3, -0.25) is 0 Å². The van der Waals surface area contributed by atoms with Crippen LogP contribution in [0.5, 0.6) is 11.5 Å². The molecule has 0 bridgehead atoms. The molecule has 6 heteroatoms. The van der Waals surface area contributed by atoms with E-state index in [4.69, 9.17) is 28.9 Å². The molecule has 57 heavy (non-hydrogen) atoms. The molecule has 2 heterocycles. The van der Waals surface area contributed by atoms with Crippen molar-refractivity contribution in [1.82, 2.24) is 0 Å². The molecule has 0 N–H and O–H groups in total. The van der Waals surface area contributed by atoms with Gasteiger partial charge in [0.25, 0.3) is 0 Å². The minimum absolute atomic E-state index is 0.135. The summed E-state index contributed by atoms with van der Waals surface area (Å²) in [7, 11) is 3.65. The Morgan fingerprint density at radius 3 is 1.05 bits per heavy atom. The van der Waals surface area contributed by atoms with Gasteiger partial charge in [-0.1, -0.05) is 146 Å². The van der Waals surface area contributed by atoms with Crippen LogP contribution in [0.2, 0.25) is 0 Å². The number of benzene rings is 2. The fourth-order valence-corrected chi connectivity index (χ4v) is 10.2. The highest BCUT2D eigenvalue weighted by molar-refractivity contribution is 6.07. The monoisotopic (exact) mass is 783 g/mol. The van der Waals surface area contributed by atoms with E-state index < -0.39 is 5.41 Å². The van der Waals surface area contributed by atoms with E-state index in [1.807, 2.05) is 14.2 Å². The Balaban J connectivity index is 1.63. The van der Waals surface area contributed by atoms with Gasteiger partial charge < -0.3 is 18.9 Å². The van der Waals surface area contributed by atoms with Crippen LogP contribution in [-0.2, 0) is 44.0 Å². The molecule has 0 spiro atoms. The van der Waals surface area contributed by atoms with Crippen molar-refractivity contribution < 1.29 is 18.9 Å². The molecule has 2 aromatic carbocycles. The first kappa shape index (κ1) is 43.6. The maximum absolute atomic E-state index is 7.04. The Bertz CT molecular complexity index is 1580. The molecule has 6 nitrogen and oxygen atoms in total. The van der Waals surface area contributed by atoms with Crippen molar-refractivity contribution in [3.05, 3.63) is 57.6 Å². The molecule has 2 fully saturated rings. The molecular weight excluding hydrogens is 705 g/mol. The summed E-state index contributed by atoms with van der Waals surface area (Å²) < 4.78 is 26.6. The summed E-state index contributed by atoms with van der Waals surface area (Å²) >= 11 is 0. The van der Waals surface area contributed by atoms with E-state index in [1.165, 1.54) is 97.6 Å². The lowest BCUT2D eigenvalue weighted by Crippen LogP contribution is -2.44. The van der Waals surface area contributed by atoms with Crippen LogP contribution >= 0.6 is 0 Å². The van der Waals surface area contributed by atoms with Gasteiger partial charge in [-0.15, -0.1) is 0 Å². The highest BCUT2D eigenvalue weighted by Crippen LogP contribution is 2.47. The van der Waals surface area contributed by atoms with Crippen LogP contribution in [0.3, 0.4) is 0 Å². The zero-order valence-corrected chi connectivity index (χ0v) is 38.5. The van der Waals surface area contributed by atoms with Crippen molar-refractivity contribution in [2.75, 3.05) is 27.4 Å². The molecule has 2 aliphatic heterocycles. The van der Waals surface area contributed by atoms with E-state index in [0.717, 1.165) is 23.3 Å². The number of methoxy groups -OCH3 is 2. The summed E-state index contributed by atoms with van der Waals surface area (Å²) in [5.74, 6) is 4.72. The average molecular weight is 783 g/mol. The van der Waals surface area contributed by atoms with Gasteiger partial charge in [0, 0.05) is 22.3 Å². The Kier molecular flexibility index (Phi) is 12.7. The average Bonchev–Trinajstić information content (AvgIpc) is 3.85. The summed E-state index contributed by atoms with van der Waals surface area (Å²) in [5.41, 5.74) is 6.09. The Hall–Kier alpha value is -3.02. The third-order valence-electron chi connectivity index (χ3n) is 13.5. The Morgan fingerprint density at radius 1 is 0.491 bits per heavy atom. The van der Waals surface area contributed by atoms with Gasteiger partial charge in [-0.05, 0) is 83.1 Å². The van der Waals surface area contributed by atoms with Crippen molar-refractivity contribution in [2.24, 2.45) is 27.2 Å². The molecule has 4 aliphatic rings. The fourth-order valence-electron chi connectivity index (χ4n) is 10.2. The normalized spacial score (nSPS) is 21.9. The second-order valence-electron chi connectivity index (χ2n) is 22.3. The number of hydrogen-bond donors (Lipinski definition) is 0. The quantitative estimate of drug-likeness (QED) is 0.241. The summed E-state index contributed by atoms with van der Waals surface area (Å²) in [4.78, 5) is 11.4. The first-order chi connectivity index (χ1) is 26.7. The van der Waals surface area contributed by atoms with Gasteiger partial charge in [0.05, 0.1) is 26.3 Å². The molecule has 6 rings (SSSR count). The lowest BCUT2D eigenvalue weighted by atomic mass is 9.71. The molecule has 0 aromatic heterocycles. The lowest BCUT2D eigenvalue weighted by Gasteiger charge is -2.36. The third kappa shape index (κ3) is 9.41. The molecule has 2 aromatic rings. The van der Waals surface area contributed by atoms with E-state index in [-0.39, 0.29) is 33.7 Å². The summed E-state index contributed by atoms with van der Waals surface area (Å²) in [6, 6.07) is 9.93. The second-order valence-corrected chi connectivity index (χ2v) is 22.3. The molecule has 2 aliphatic carbocycles. The van der Waals surface area contributed by atoms with E-state index >= 15 is 0 Å². The van der Waals surface area contributed by atoms with Crippen LogP contribution < -0.4 is 9.47 Å². The van der Waals surface area contributed by atoms with Crippen molar-refractivity contribution in [2.45, 2.75) is 194 Å². The Labute approximate surface area is 347 Å². The Morgan fingerprint density at radius 2 is 0.789 bits per heavy atom. The highest BCUT2D eigenvalue weighted by atomic mass is 16.5. The molecule has 316 valence electrons. The van der Waals surface area contributed by atoms with Crippen molar-refractivity contribution in [1.29, 1.82) is 0 Å². The molecule has 2 atom stereocenters. The maximum atomic E-state index is 7.04. The molecule has 0 saturated heterocycles. The van der Waals surface area contributed by atoms with Crippen LogP contribution in [0.1, 0.15) is 181 Å². The van der Waals surface area contributed by atoms with Gasteiger partial charge in [0.15, 0.2) is 11.8 Å². The smallest absolute Gasteiger partial charge is 0.200 e. The van der Waals surface area contributed by atoms with Gasteiger partial charge in [0.2, 0.25) is 0 Å². The zero-order valence-electron chi connectivity index (χ0n) is 38.5. The first-order valence-corrected chi connectivity index (χ1v) is 22.5. The second kappa shape index (κ2) is 16.6. The first-order valence-electron chi connectivity index (χ1n) is 22.5. The van der Waals surface area contributed by atoms with Crippen molar-refractivity contribution >= 4 is 11.8 Å². The van der Waals surface area contributed by atoms with Gasteiger partial charge >= 0.3 is 0 Å². The summed E-state index contributed by atoms with van der Waals surface area (Å²) in [6.07, 6.45) is 14.0. The van der Waals surface area contributed by atoms with E-state index in [0.29, 0.717) is 37.9 Å². The fraction of sp³-hybridized carbons (Fsp3) is 0.725. The van der Waals surface area contributed by atoms with Gasteiger partial charge in [-0.2, -0.15) is 0 Å². The van der Waals surface area contributed by atoms with Crippen LogP contribution in [0.25, 0.3) is 0 Å². The minimum atomic E-state index is -0.745. The number of hydrogen-bond acceptors (Lipinski definition) is 6. The number of rotatable bonds is 10. The van der Waals surface area contributed by atoms with Gasteiger partial charge in [0.1, 0.15) is 30.1 Å². The number of aliphatic imine (C=N–C) groups is 2. The number of nitrogens with zero attached hydrogens (tertiary/aromatic N) is 2. The highest BCUT2D eigenvalue weighted by Gasteiger charge is 2.51. The molecular formula is C51H78N2O4. The molecule has 2 unspecified atom stereocenters. The van der Waals surface area contributed by atoms with Crippen LogP contribution in [-0.4, -0.2) is 51.3 Å². The van der Waals surface area contributed by atoms with Crippen LogP contribution in [0, 0.1) is 17.3 Å². The topological polar surface area (TPSA) is 61.6 Å². The predicted octanol–water partition coefficient (Wildman–Crippen LogP) is 12.4. The SMILES string of the molecule is COc1c(C(C)(C)C)cc(CC(Cc2cc(C(C)(C)C)c(OC)c(C(C)(C)C)c2)(C2=NC(C3CCCCC3)CO2)C2=NC(C3CCCCC3)CO2)cc1C(C)(C)C. The van der Waals surface area contributed by atoms with E-state index in [1.54, 1.807) is 0 Å². The standard InChI is InChI=1S/C51H78N2O4/c1-47(2,3)37-25-33(26-38(43(37)54-13)48(4,5)6)29-51(45-52-41(31-56-45)35-21-17-15-18-22-35,46-53-42(32-57-46)36-23-19-16-20-24-36)30-34-27-39(49(7,8)9)44(55-14)40(28-34)50(10,11)12/h25-28,35-36,41-42H,15-24,29-32H2,1-14H3. The zero-order chi connectivity index (χ0) is 41.6. The van der Waals surface area contributed by atoms with Crippen LogP contribution in [0.4, 0.5) is 0 Å². The number of ether oxygens (including phenoxy) is 4. The predicted molar refractivity (Wildman–Crippen MR) is 238 cm³/mol. The van der Waals surface area contributed by atoms with E-state index in [9.17, 15) is 0 Å². The lowest BCUT2D eigenvalue weighted by molar-refractivity contribution is 0.212. The van der Waals surface area contributed by atoms with E-state index in [2.05, 4.69) is 107 Å². The maximum Gasteiger partial charge on any atom is 0.200 e. The van der Waals surface area contributed by atoms with Crippen molar-refractivity contribution in [3.63, 3.8) is 0 Å². The molecule has 2 saturated carbocycles. The molecule has 0 radical (unpaired) electrons. The summed E-state index contributed by atoms with van der Waals surface area (Å²) in [5, 5.41) is 0. The molecule has 0 amide bonds. The van der Waals surface area contributed by atoms with Gasteiger partial charge in [-0.25, -0.2) is 9.98 Å². The van der Waals surface area contributed by atoms with Crippen LogP contribution in [0.15, 0.2) is 34.3 Å². The third-order valence-corrected chi connectivity index (χ3v) is 13.5. The largest absolute Gasteiger partial charge is 0.496 e. The van der Waals surface area contributed by atoms with Crippen molar-refractivity contribution in [3.8, 4) is 11.5 Å².